The Morgan fingerprint density at radius 2 is 2.10 bits per heavy atom. The molecule has 1 amide bonds. The number of nitrogens with two attached hydrogens (primary N) is 1. The van der Waals surface area contributed by atoms with Crippen molar-refractivity contribution in [2.75, 3.05) is 25.4 Å². The number of nitrogens with one attached hydrogen (secondary N) is 1. The number of nitrogens with zero attached hydrogens (tertiary/aromatic N) is 3. The monoisotopic (exact) mass is 481 g/mol. The van der Waals surface area contributed by atoms with Crippen LogP contribution >= 0.6 is 27.3 Å². The van der Waals surface area contributed by atoms with Gasteiger partial charge in [-0.25, -0.2) is 9.97 Å². The fourth-order valence-corrected chi connectivity index (χ4v) is 5.71. The van der Waals surface area contributed by atoms with Crippen LogP contribution in [0.15, 0.2) is 53.3 Å². The zero-order chi connectivity index (χ0) is 20.7. The van der Waals surface area contributed by atoms with Crippen molar-refractivity contribution in [2.45, 2.75) is 12.5 Å². The van der Waals surface area contributed by atoms with Crippen molar-refractivity contribution >= 4 is 60.0 Å². The first-order chi connectivity index (χ1) is 14.6. The first-order valence-corrected chi connectivity index (χ1v) is 11.4. The lowest BCUT2D eigenvalue weighted by molar-refractivity contribution is -0.134. The van der Waals surface area contributed by atoms with Gasteiger partial charge in [0.2, 0.25) is 5.91 Å². The normalized spacial score (nSPS) is 15.8. The lowest BCUT2D eigenvalue weighted by Gasteiger charge is -2.34. The van der Waals surface area contributed by atoms with Crippen molar-refractivity contribution in [2.24, 2.45) is 0 Å². The summed E-state index contributed by atoms with van der Waals surface area (Å²) in [6.45, 7) is 1.89. The number of halogens is 1. The first-order valence-electron chi connectivity index (χ1n) is 9.77. The topological polar surface area (TPSA) is 84.1 Å². The Bertz CT molecular complexity index is 1260. The van der Waals surface area contributed by atoms with E-state index < -0.39 is 0 Å². The molecule has 3 heterocycles. The Labute approximate surface area is 186 Å². The Hall–Kier alpha value is -2.55. The van der Waals surface area contributed by atoms with Crippen molar-refractivity contribution in [1.82, 2.24) is 20.2 Å². The molecule has 0 bridgehead atoms. The van der Waals surface area contributed by atoms with Gasteiger partial charge in [-0.15, -0.1) is 11.3 Å². The van der Waals surface area contributed by atoms with Gasteiger partial charge in [0.15, 0.2) is 0 Å². The summed E-state index contributed by atoms with van der Waals surface area (Å²) in [6.07, 6.45) is 2.21. The van der Waals surface area contributed by atoms with Crippen LogP contribution in [-0.2, 0) is 11.2 Å². The summed E-state index contributed by atoms with van der Waals surface area (Å²) in [5.41, 5.74) is 7.92. The van der Waals surface area contributed by atoms with Gasteiger partial charge in [-0.05, 0) is 47.7 Å². The van der Waals surface area contributed by atoms with Crippen LogP contribution in [0.3, 0.4) is 0 Å². The van der Waals surface area contributed by atoms with E-state index in [1.807, 2.05) is 11.0 Å². The Morgan fingerprint density at radius 1 is 1.20 bits per heavy atom. The molecule has 0 spiro atoms. The molecule has 30 heavy (non-hydrogen) atoms. The number of anilines is 1. The van der Waals surface area contributed by atoms with E-state index in [-0.39, 0.29) is 11.9 Å². The van der Waals surface area contributed by atoms with Crippen LogP contribution in [0.4, 0.5) is 5.82 Å². The second-order valence-electron chi connectivity index (χ2n) is 7.43. The van der Waals surface area contributed by atoms with Crippen LogP contribution < -0.4 is 11.1 Å². The van der Waals surface area contributed by atoms with Crippen LogP contribution in [0.5, 0.6) is 0 Å². The molecule has 4 aromatic rings. The van der Waals surface area contributed by atoms with Gasteiger partial charge in [-0.3, -0.25) is 4.79 Å². The van der Waals surface area contributed by atoms with E-state index in [4.69, 9.17) is 5.73 Å². The molecule has 2 aromatic carbocycles. The summed E-state index contributed by atoms with van der Waals surface area (Å²) in [4.78, 5) is 24.4. The van der Waals surface area contributed by atoms with Crippen molar-refractivity contribution < 1.29 is 4.79 Å². The predicted molar refractivity (Wildman–Crippen MR) is 125 cm³/mol. The number of amides is 1. The summed E-state index contributed by atoms with van der Waals surface area (Å²) >= 11 is 5.31. The Morgan fingerprint density at radius 3 is 2.97 bits per heavy atom. The van der Waals surface area contributed by atoms with Gasteiger partial charge in [0, 0.05) is 32.5 Å². The zero-order valence-electron chi connectivity index (χ0n) is 16.1. The Balaban J connectivity index is 1.56. The average molecular weight is 482 g/mol. The molecule has 152 valence electrons. The van der Waals surface area contributed by atoms with Gasteiger partial charge in [-0.2, -0.15) is 0 Å². The third-order valence-electron chi connectivity index (χ3n) is 5.49. The maximum absolute atomic E-state index is 12.7. The van der Waals surface area contributed by atoms with Crippen LogP contribution in [0.25, 0.3) is 21.0 Å². The van der Waals surface area contributed by atoms with E-state index in [0.717, 1.165) is 33.9 Å². The van der Waals surface area contributed by atoms with E-state index in [1.54, 1.807) is 11.3 Å². The summed E-state index contributed by atoms with van der Waals surface area (Å²) in [7, 11) is 0. The van der Waals surface area contributed by atoms with Gasteiger partial charge < -0.3 is 16.0 Å². The molecule has 1 aliphatic heterocycles. The third kappa shape index (κ3) is 3.66. The number of carbonyl (C=O) groups is 1. The number of benzene rings is 2. The highest BCUT2D eigenvalue weighted by molar-refractivity contribution is 9.10. The van der Waals surface area contributed by atoms with E-state index in [0.29, 0.717) is 18.9 Å². The first kappa shape index (κ1) is 19.4. The molecule has 5 rings (SSSR count). The molecular weight excluding hydrogens is 462 g/mol. The summed E-state index contributed by atoms with van der Waals surface area (Å²) < 4.78 is 2.27. The van der Waals surface area contributed by atoms with E-state index in [2.05, 4.69) is 67.6 Å². The summed E-state index contributed by atoms with van der Waals surface area (Å²) in [5, 5.41) is 5.22. The molecule has 8 heteroatoms. The molecule has 1 saturated heterocycles. The minimum atomic E-state index is -0.0209. The number of hydrogen-bond acceptors (Lipinski definition) is 6. The molecule has 1 aliphatic rings. The molecule has 1 fully saturated rings. The lowest BCUT2D eigenvalue weighted by atomic mass is 10.0. The molecular formula is C22H20BrN5OS. The SMILES string of the molecule is Nc1ncnc2cc(CC(c3cc4ccc(Br)cc4s3)N3CCNCC3=O)ccc12. The predicted octanol–water partition coefficient (Wildman–Crippen LogP) is 3.90. The Kier molecular flexibility index (Phi) is 5.14. The van der Waals surface area contributed by atoms with Gasteiger partial charge >= 0.3 is 0 Å². The summed E-state index contributed by atoms with van der Waals surface area (Å²) in [6, 6.07) is 14.6. The average Bonchev–Trinajstić information content (AvgIpc) is 3.15. The van der Waals surface area contributed by atoms with E-state index in [9.17, 15) is 4.79 Å². The minimum Gasteiger partial charge on any atom is -0.383 e. The highest BCUT2D eigenvalue weighted by Crippen LogP contribution is 2.36. The quantitative estimate of drug-likeness (QED) is 0.461. The smallest absolute Gasteiger partial charge is 0.237 e. The van der Waals surface area contributed by atoms with Crippen molar-refractivity contribution in [1.29, 1.82) is 0 Å². The van der Waals surface area contributed by atoms with Gasteiger partial charge in [-0.1, -0.05) is 28.1 Å². The van der Waals surface area contributed by atoms with Crippen LogP contribution in [0.2, 0.25) is 0 Å². The molecule has 6 nitrogen and oxygen atoms in total. The summed E-state index contributed by atoms with van der Waals surface area (Å²) in [5.74, 6) is 0.618. The maximum Gasteiger partial charge on any atom is 0.237 e. The molecule has 2 aromatic heterocycles. The molecule has 0 saturated carbocycles. The van der Waals surface area contributed by atoms with Crippen LogP contribution in [-0.4, -0.2) is 40.4 Å². The molecule has 1 unspecified atom stereocenters. The molecule has 3 N–H and O–H groups in total. The highest BCUT2D eigenvalue weighted by atomic mass is 79.9. The number of rotatable bonds is 4. The third-order valence-corrected chi connectivity index (χ3v) is 7.19. The highest BCUT2D eigenvalue weighted by Gasteiger charge is 2.29. The standard InChI is InChI=1S/C22H20BrN5OS/c23-15-3-2-14-9-20(30-19(14)10-15)18(28-6-5-25-11-21(28)29)8-13-1-4-16-17(7-13)26-12-27-22(16)24/h1-4,7,9-10,12,18,25H,5-6,8,11H2,(H2,24,26,27). The van der Waals surface area contributed by atoms with Crippen molar-refractivity contribution in [3.05, 3.63) is 63.7 Å². The van der Waals surface area contributed by atoms with Gasteiger partial charge in [0.05, 0.1) is 18.1 Å². The number of piperazine rings is 1. The maximum atomic E-state index is 12.7. The fraction of sp³-hybridized carbons (Fsp3) is 0.227. The van der Waals surface area contributed by atoms with Crippen LogP contribution in [0, 0.1) is 0 Å². The second-order valence-corrected chi connectivity index (χ2v) is 9.46. The largest absolute Gasteiger partial charge is 0.383 e. The molecule has 1 atom stereocenters. The number of carbonyl (C=O) groups excluding carboxylic acids is 1. The number of thiophene rings is 1. The van der Waals surface area contributed by atoms with Crippen LogP contribution in [0.1, 0.15) is 16.5 Å². The zero-order valence-corrected chi connectivity index (χ0v) is 18.5. The number of hydrogen-bond donors (Lipinski definition) is 2. The molecule has 0 aliphatic carbocycles. The van der Waals surface area contributed by atoms with Crippen molar-refractivity contribution in [3.63, 3.8) is 0 Å². The number of nitrogen functional groups attached to an aromatic ring is 1. The van der Waals surface area contributed by atoms with Gasteiger partial charge in [0.25, 0.3) is 0 Å². The number of aromatic nitrogens is 2. The molecule has 0 radical (unpaired) electrons. The lowest BCUT2D eigenvalue weighted by Crippen LogP contribution is -2.49. The van der Waals surface area contributed by atoms with Crippen molar-refractivity contribution in [3.8, 4) is 0 Å². The van der Waals surface area contributed by atoms with Gasteiger partial charge in [0.1, 0.15) is 12.1 Å². The number of fused-ring (bicyclic) bond motifs is 2. The van der Waals surface area contributed by atoms with E-state index in [1.165, 1.54) is 21.3 Å². The second kappa shape index (κ2) is 7.94. The fourth-order valence-electron chi connectivity index (χ4n) is 3.98. The van der Waals surface area contributed by atoms with E-state index >= 15 is 0 Å². The minimum absolute atomic E-state index is 0.0209.